The molecule has 16 heavy (non-hydrogen) atoms. The SMILES string of the molecule is CCc1ccc(C[NH2+]Cc2ccco2)cc1. The quantitative estimate of drug-likeness (QED) is 0.815. The van der Waals surface area contributed by atoms with E-state index in [4.69, 9.17) is 4.42 Å². The van der Waals surface area contributed by atoms with E-state index in [1.807, 2.05) is 12.1 Å². The van der Waals surface area contributed by atoms with Gasteiger partial charge < -0.3 is 9.73 Å². The zero-order valence-corrected chi connectivity index (χ0v) is 9.65. The number of nitrogens with two attached hydrogens (primary N) is 1. The molecule has 0 aliphatic rings. The molecule has 1 heterocycles. The van der Waals surface area contributed by atoms with Gasteiger partial charge in [-0.25, -0.2) is 0 Å². The van der Waals surface area contributed by atoms with Gasteiger partial charge in [0.05, 0.1) is 6.26 Å². The molecule has 0 fully saturated rings. The molecule has 2 N–H and O–H groups in total. The van der Waals surface area contributed by atoms with E-state index in [1.165, 1.54) is 11.1 Å². The molecule has 0 radical (unpaired) electrons. The van der Waals surface area contributed by atoms with Crippen LogP contribution in [0, 0.1) is 0 Å². The second-order valence-electron chi connectivity index (χ2n) is 3.95. The van der Waals surface area contributed by atoms with Crippen LogP contribution in [0.15, 0.2) is 47.1 Å². The Balaban J connectivity index is 1.81. The van der Waals surface area contributed by atoms with E-state index >= 15 is 0 Å². The van der Waals surface area contributed by atoms with E-state index in [0.29, 0.717) is 0 Å². The van der Waals surface area contributed by atoms with Crippen LogP contribution in [-0.2, 0) is 19.5 Å². The van der Waals surface area contributed by atoms with Gasteiger partial charge in [0.1, 0.15) is 13.1 Å². The minimum absolute atomic E-state index is 0.905. The van der Waals surface area contributed by atoms with Gasteiger partial charge in [0, 0.05) is 5.56 Å². The first-order valence-electron chi connectivity index (χ1n) is 5.80. The molecule has 2 nitrogen and oxygen atoms in total. The first kappa shape index (κ1) is 11.0. The molecule has 0 spiro atoms. The Kier molecular flexibility index (Phi) is 3.78. The highest BCUT2D eigenvalue weighted by Crippen LogP contribution is 2.03. The Morgan fingerprint density at radius 2 is 1.75 bits per heavy atom. The Morgan fingerprint density at radius 3 is 2.38 bits per heavy atom. The first-order chi connectivity index (χ1) is 7.88. The van der Waals surface area contributed by atoms with Crippen LogP contribution in [0.4, 0.5) is 0 Å². The Labute approximate surface area is 96.3 Å². The molecule has 0 saturated carbocycles. The first-order valence-corrected chi connectivity index (χ1v) is 5.80. The lowest BCUT2D eigenvalue weighted by Crippen LogP contribution is -2.80. The maximum Gasteiger partial charge on any atom is 0.157 e. The van der Waals surface area contributed by atoms with Crippen molar-refractivity contribution < 1.29 is 9.73 Å². The molecule has 0 amide bonds. The van der Waals surface area contributed by atoms with Crippen LogP contribution in [-0.4, -0.2) is 0 Å². The molecule has 2 aromatic rings. The lowest BCUT2D eigenvalue weighted by molar-refractivity contribution is -0.687. The zero-order valence-electron chi connectivity index (χ0n) is 9.65. The number of furan rings is 1. The summed E-state index contributed by atoms with van der Waals surface area (Å²) in [6, 6.07) is 12.8. The number of aryl methyl sites for hydroxylation is 1. The zero-order chi connectivity index (χ0) is 11.2. The van der Waals surface area contributed by atoms with Crippen molar-refractivity contribution in [3.05, 3.63) is 59.5 Å². The summed E-state index contributed by atoms with van der Waals surface area (Å²) in [5.74, 6) is 1.03. The van der Waals surface area contributed by atoms with Gasteiger partial charge in [-0.2, -0.15) is 0 Å². The van der Waals surface area contributed by atoms with Crippen molar-refractivity contribution in [1.82, 2.24) is 0 Å². The van der Waals surface area contributed by atoms with E-state index in [9.17, 15) is 0 Å². The Hall–Kier alpha value is -1.54. The topological polar surface area (TPSA) is 29.8 Å². The van der Waals surface area contributed by atoms with E-state index in [1.54, 1.807) is 6.26 Å². The molecule has 0 atom stereocenters. The lowest BCUT2D eigenvalue weighted by atomic mass is 10.1. The van der Waals surface area contributed by atoms with Crippen LogP contribution in [0.3, 0.4) is 0 Å². The number of quaternary nitrogens is 1. The predicted octanol–water partition coefficient (Wildman–Crippen LogP) is 2.11. The summed E-state index contributed by atoms with van der Waals surface area (Å²) in [4.78, 5) is 0. The summed E-state index contributed by atoms with van der Waals surface area (Å²) in [7, 11) is 0. The van der Waals surface area contributed by atoms with Crippen molar-refractivity contribution in [3.63, 3.8) is 0 Å². The van der Waals surface area contributed by atoms with Crippen LogP contribution in [0.1, 0.15) is 23.8 Å². The fraction of sp³-hybridized carbons (Fsp3) is 0.286. The number of hydrogen-bond acceptors (Lipinski definition) is 1. The standard InChI is InChI=1S/C14H17NO/c1-2-12-5-7-13(8-6-12)10-15-11-14-4-3-9-16-14/h3-9,15H,2,10-11H2,1H3/p+1. The van der Waals surface area contributed by atoms with Gasteiger partial charge in [0.15, 0.2) is 5.76 Å². The number of benzene rings is 1. The molecule has 1 aromatic heterocycles. The molecule has 0 unspecified atom stereocenters. The van der Waals surface area contributed by atoms with Gasteiger partial charge in [-0.15, -0.1) is 0 Å². The van der Waals surface area contributed by atoms with Gasteiger partial charge in [-0.05, 0) is 24.1 Å². The third kappa shape index (κ3) is 2.97. The van der Waals surface area contributed by atoms with Gasteiger partial charge in [-0.1, -0.05) is 31.2 Å². The summed E-state index contributed by atoms with van der Waals surface area (Å²) in [6.45, 7) is 4.09. The molecule has 1 aromatic carbocycles. The molecule has 2 rings (SSSR count). The number of rotatable bonds is 5. The average Bonchev–Trinajstić information content (AvgIpc) is 2.83. The summed E-state index contributed by atoms with van der Waals surface area (Å²) >= 11 is 0. The summed E-state index contributed by atoms with van der Waals surface area (Å²) in [6.07, 6.45) is 2.83. The Morgan fingerprint density at radius 1 is 1.00 bits per heavy atom. The molecular weight excluding hydrogens is 198 g/mol. The Bertz CT molecular complexity index is 403. The molecule has 0 aliphatic heterocycles. The summed E-state index contributed by atoms with van der Waals surface area (Å²) in [5, 5.41) is 2.25. The van der Waals surface area contributed by atoms with E-state index in [2.05, 4.69) is 36.5 Å². The largest absolute Gasteiger partial charge is 0.463 e. The molecule has 84 valence electrons. The van der Waals surface area contributed by atoms with Crippen molar-refractivity contribution in [3.8, 4) is 0 Å². The predicted molar refractivity (Wildman–Crippen MR) is 63.9 cm³/mol. The van der Waals surface area contributed by atoms with Gasteiger partial charge in [0.2, 0.25) is 0 Å². The van der Waals surface area contributed by atoms with Crippen molar-refractivity contribution >= 4 is 0 Å². The molecule has 0 bridgehead atoms. The van der Waals surface area contributed by atoms with Gasteiger partial charge in [0.25, 0.3) is 0 Å². The van der Waals surface area contributed by atoms with Crippen LogP contribution in [0.2, 0.25) is 0 Å². The van der Waals surface area contributed by atoms with E-state index in [0.717, 1.165) is 25.3 Å². The maximum absolute atomic E-state index is 5.28. The molecule has 2 heteroatoms. The molecular formula is C14H18NO+. The second kappa shape index (κ2) is 5.52. The van der Waals surface area contributed by atoms with Crippen LogP contribution in [0.5, 0.6) is 0 Å². The maximum atomic E-state index is 5.28. The van der Waals surface area contributed by atoms with Gasteiger partial charge in [-0.3, -0.25) is 0 Å². The van der Waals surface area contributed by atoms with Crippen LogP contribution in [0.25, 0.3) is 0 Å². The van der Waals surface area contributed by atoms with Crippen molar-refractivity contribution in [2.45, 2.75) is 26.4 Å². The van der Waals surface area contributed by atoms with Gasteiger partial charge >= 0.3 is 0 Å². The van der Waals surface area contributed by atoms with Crippen molar-refractivity contribution in [2.24, 2.45) is 0 Å². The van der Waals surface area contributed by atoms with Crippen LogP contribution < -0.4 is 5.32 Å². The van der Waals surface area contributed by atoms with Crippen molar-refractivity contribution in [2.75, 3.05) is 0 Å². The fourth-order valence-electron chi connectivity index (χ4n) is 1.72. The highest BCUT2D eigenvalue weighted by atomic mass is 16.3. The summed E-state index contributed by atoms with van der Waals surface area (Å²) < 4.78 is 5.28. The van der Waals surface area contributed by atoms with Crippen molar-refractivity contribution in [1.29, 1.82) is 0 Å². The molecule has 0 saturated heterocycles. The second-order valence-corrected chi connectivity index (χ2v) is 3.95. The average molecular weight is 216 g/mol. The molecule has 0 aliphatic carbocycles. The van der Waals surface area contributed by atoms with E-state index < -0.39 is 0 Å². The summed E-state index contributed by atoms with van der Waals surface area (Å²) in [5.41, 5.74) is 2.76. The third-order valence-electron chi connectivity index (χ3n) is 2.74. The minimum Gasteiger partial charge on any atom is -0.463 e. The smallest absolute Gasteiger partial charge is 0.157 e. The van der Waals surface area contributed by atoms with Crippen LogP contribution >= 0.6 is 0 Å². The number of hydrogen-bond donors (Lipinski definition) is 1. The fourth-order valence-corrected chi connectivity index (χ4v) is 1.72. The highest BCUT2D eigenvalue weighted by Gasteiger charge is 1.99. The highest BCUT2D eigenvalue weighted by molar-refractivity contribution is 5.21. The minimum atomic E-state index is 0.905. The normalized spacial score (nSPS) is 10.6. The monoisotopic (exact) mass is 216 g/mol. The van der Waals surface area contributed by atoms with E-state index in [-0.39, 0.29) is 0 Å². The lowest BCUT2D eigenvalue weighted by Gasteiger charge is -2.01. The third-order valence-corrected chi connectivity index (χ3v) is 2.74.